The van der Waals surface area contributed by atoms with Crippen molar-refractivity contribution in [3.63, 3.8) is 0 Å². The van der Waals surface area contributed by atoms with Crippen LogP contribution in [-0.2, 0) is 0 Å². The maximum Gasteiger partial charge on any atom is 0.197 e. The van der Waals surface area contributed by atoms with Crippen LogP contribution in [0.3, 0.4) is 0 Å². The fraction of sp³-hybridized carbons (Fsp3) is 0.118. The molecule has 0 bridgehead atoms. The van der Waals surface area contributed by atoms with Gasteiger partial charge in [-0.25, -0.2) is 0 Å². The summed E-state index contributed by atoms with van der Waals surface area (Å²) >= 11 is 0. The molecule has 3 aromatic rings. The van der Waals surface area contributed by atoms with Crippen LogP contribution in [0.15, 0.2) is 57.7 Å². The molecule has 0 aliphatic heterocycles. The van der Waals surface area contributed by atoms with E-state index >= 15 is 0 Å². The minimum Gasteiger partial charge on any atom is -0.507 e. The van der Waals surface area contributed by atoms with Crippen LogP contribution in [0.2, 0.25) is 6.32 Å². The zero-order valence-corrected chi connectivity index (χ0v) is 11.8. The van der Waals surface area contributed by atoms with Crippen molar-refractivity contribution >= 4 is 18.8 Å². The van der Waals surface area contributed by atoms with E-state index in [9.17, 15) is 9.90 Å². The molecule has 5 heteroatoms. The van der Waals surface area contributed by atoms with E-state index in [1.165, 1.54) is 12.1 Å². The minimum absolute atomic E-state index is 0.139. The summed E-state index contributed by atoms with van der Waals surface area (Å²) in [6, 6.07) is 13.6. The van der Waals surface area contributed by atoms with Crippen molar-refractivity contribution in [3.8, 4) is 22.8 Å². The smallest absolute Gasteiger partial charge is 0.197 e. The first-order chi connectivity index (χ1) is 10.7. The Morgan fingerprint density at radius 1 is 1.14 bits per heavy atom. The molecule has 0 fully saturated rings. The van der Waals surface area contributed by atoms with Gasteiger partial charge >= 0.3 is 0 Å². The molecule has 1 aromatic heterocycles. The SMILES string of the molecule is [B]CCOc1cc(O)c2c(=O)cc(-c3ccccc3)oc2c1. The first-order valence-electron chi connectivity index (χ1n) is 6.88. The Morgan fingerprint density at radius 3 is 2.64 bits per heavy atom. The normalized spacial score (nSPS) is 10.7. The number of aromatic hydroxyl groups is 1. The number of rotatable bonds is 4. The average Bonchev–Trinajstić information content (AvgIpc) is 2.53. The van der Waals surface area contributed by atoms with E-state index in [4.69, 9.17) is 17.0 Å². The Bertz CT molecular complexity index is 856. The quantitative estimate of drug-likeness (QED) is 0.750. The summed E-state index contributed by atoms with van der Waals surface area (Å²) in [7, 11) is 5.39. The van der Waals surface area contributed by atoms with Crippen LogP contribution in [0.1, 0.15) is 0 Å². The second kappa shape index (κ2) is 5.97. The molecular weight excluding hydrogens is 279 g/mol. The predicted octanol–water partition coefficient (Wildman–Crippen LogP) is 3.13. The van der Waals surface area contributed by atoms with Crippen LogP contribution in [-0.4, -0.2) is 19.6 Å². The highest BCUT2D eigenvalue weighted by atomic mass is 16.5. The predicted molar refractivity (Wildman–Crippen MR) is 85.6 cm³/mol. The minimum atomic E-state index is -0.303. The monoisotopic (exact) mass is 292 g/mol. The fourth-order valence-corrected chi connectivity index (χ4v) is 2.25. The van der Waals surface area contributed by atoms with Gasteiger partial charge < -0.3 is 14.3 Å². The molecule has 0 unspecified atom stereocenters. The van der Waals surface area contributed by atoms with Crippen molar-refractivity contribution in [1.82, 2.24) is 0 Å². The van der Waals surface area contributed by atoms with E-state index in [-0.39, 0.29) is 22.1 Å². The van der Waals surface area contributed by atoms with Gasteiger partial charge in [0.2, 0.25) is 0 Å². The lowest BCUT2D eigenvalue weighted by Gasteiger charge is -2.08. The lowest BCUT2D eigenvalue weighted by molar-refractivity contribution is 0.338. The molecule has 0 atom stereocenters. The Morgan fingerprint density at radius 2 is 1.91 bits per heavy atom. The van der Waals surface area contributed by atoms with Gasteiger partial charge in [-0.15, -0.1) is 0 Å². The van der Waals surface area contributed by atoms with E-state index in [1.807, 2.05) is 30.3 Å². The molecule has 2 radical (unpaired) electrons. The number of hydrogen-bond donors (Lipinski definition) is 1. The number of phenolic OH excluding ortho intramolecular Hbond substituents is 1. The molecule has 108 valence electrons. The third-order valence-corrected chi connectivity index (χ3v) is 3.23. The number of phenols is 1. The summed E-state index contributed by atoms with van der Waals surface area (Å²) in [4.78, 5) is 12.2. The molecule has 2 aromatic carbocycles. The fourth-order valence-electron chi connectivity index (χ4n) is 2.25. The van der Waals surface area contributed by atoms with Crippen molar-refractivity contribution in [3.05, 3.63) is 58.8 Å². The summed E-state index contributed by atoms with van der Waals surface area (Å²) in [6.07, 6.45) is 0.354. The maximum absolute atomic E-state index is 12.2. The van der Waals surface area contributed by atoms with Crippen LogP contribution in [0.25, 0.3) is 22.3 Å². The van der Waals surface area contributed by atoms with Gasteiger partial charge in [0.15, 0.2) is 5.43 Å². The Labute approximate surface area is 128 Å². The van der Waals surface area contributed by atoms with Crippen molar-refractivity contribution in [2.45, 2.75) is 6.32 Å². The molecule has 3 rings (SSSR count). The number of ether oxygens (including phenoxy) is 1. The highest BCUT2D eigenvalue weighted by Crippen LogP contribution is 2.31. The Hall–Kier alpha value is -2.69. The standard InChI is InChI=1S/C17H13BO4/c18-6-7-21-12-8-13(19)17-14(20)10-15(22-16(17)9-12)11-4-2-1-3-5-11/h1-5,8-10,19H,6-7H2. The van der Waals surface area contributed by atoms with Crippen molar-refractivity contribution < 1.29 is 14.3 Å². The number of hydrogen-bond acceptors (Lipinski definition) is 4. The van der Waals surface area contributed by atoms with Gasteiger partial charge in [-0.3, -0.25) is 4.79 Å². The van der Waals surface area contributed by atoms with E-state index in [1.54, 1.807) is 6.07 Å². The zero-order chi connectivity index (χ0) is 15.5. The molecule has 1 N–H and O–H groups in total. The van der Waals surface area contributed by atoms with Crippen LogP contribution < -0.4 is 10.2 Å². The molecule has 0 aliphatic rings. The number of benzene rings is 2. The van der Waals surface area contributed by atoms with Crippen molar-refractivity contribution in [2.24, 2.45) is 0 Å². The molecular formula is C17H13BO4. The van der Waals surface area contributed by atoms with Crippen molar-refractivity contribution in [1.29, 1.82) is 0 Å². The van der Waals surface area contributed by atoms with Gasteiger partial charge in [-0.05, 0) is 0 Å². The first kappa shape index (κ1) is 14.3. The average molecular weight is 292 g/mol. The Balaban J connectivity index is 2.17. The van der Waals surface area contributed by atoms with Crippen LogP contribution in [0.4, 0.5) is 0 Å². The Kier molecular flexibility index (Phi) is 3.87. The molecule has 4 nitrogen and oxygen atoms in total. The largest absolute Gasteiger partial charge is 0.507 e. The van der Waals surface area contributed by atoms with Crippen LogP contribution in [0.5, 0.6) is 11.5 Å². The van der Waals surface area contributed by atoms with Gasteiger partial charge in [0.1, 0.15) is 28.2 Å². The molecule has 0 saturated heterocycles. The summed E-state index contributed by atoms with van der Waals surface area (Å²) in [5.41, 5.74) is 0.760. The molecule has 0 saturated carbocycles. The van der Waals surface area contributed by atoms with E-state index < -0.39 is 0 Å². The molecule has 22 heavy (non-hydrogen) atoms. The molecule has 0 aliphatic carbocycles. The zero-order valence-electron chi connectivity index (χ0n) is 11.8. The summed E-state index contributed by atoms with van der Waals surface area (Å²) in [5, 5.41) is 10.2. The summed E-state index contributed by atoms with van der Waals surface area (Å²) in [6.45, 7) is 0.313. The lowest BCUT2D eigenvalue weighted by atomic mass is 10.1. The van der Waals surface area contributed by atoms with Gasteiger partial charge in [0, 0.05) is 23.8 Å². The van der Waals surface area contributed by atoms with E-state index in [0.717, 1.165) is 5.56 Å². The first-order valence-corrected chi connectivity index (χ1v) is 6.88. The molecule has 1 heterocycles. The highest BCUT2D eigenvalue weighted by Gasteiger charge is 2.12. The lowest BCUT2D eigenvalue weighted by Crippen LogP contribution is -2.02. The maximum atomic E-state index is 12.2. The summed E-state index contributed by atoms with van der Waals surface area (Å²) in [5.74, 6) is 0.676. The van der Waals surface area contributed by atoms with Crippen LogP contribution in [0, 0.1) is 0 Å². The van der Waals surface area contributed by atoms with Gasteiger partial charge in [-0.2, -0.15) is 0 Å². The second-order valence-corrected chi connectivity index (χ2v) is 4.79. The third-order valence-electron chi connectivity index (χ3n) is 3.23. The van der Waals surface area contributed by atoms with Crippen molar-refractivity contribution in [2.75, 3.05) is 6.61 Å². The second-order valence-electron chi connectivity index (χ2n) is 4.79. The van der Waals surface area contributed by atoms with Gasteiger partial charge in [0.25, 0.3) is 0 Å². The van der Waals surface area contributed by atoms with Gasteiger partial charge in [0.05, 0.1) is 14.5 Å². The number of fused-ring (bicyclic) bond motifs is 1. The highest BCUT2D eigenvalue weighted by molar-refractivity contribution is 6.08. The summed E-state index contributed by atoms with van der Waals surface area (Å²) < 4.78 is 11.1. The van der Waals surface area contributed by atoms with Gasteiger partial charge in [-0.1, -0.05) is 36.7 Å². The van der Waals surface area contributed by atoms with Crippen LogP contribution >= 0.6 is 0 Å². The van der Waals surface area contributed by atoms with E-state index in [2.05, 4.69) is 0 Å². The molecule has 0 amide bonds. The van der Waals surface area contributed by atoms with E-state index in [0.29, 0.717) is 24.4 Å². The molecule has 0 spiro atoms. The third kappa shape index (κ3) is 2.70. The topological polar surface area (TPSA) is 59.7 Å².